The third-order valence-electron chi connectivity index (χ3n) is 3.34. The van der Waals surface area contributed by atoms with E-state index in [0.29, 0.717) is 10.5 Å². The molecule has 1 fully saturated rings. The zero-order valence-electron chi connectivity index (χ0n) is 10.0. The van der Waals surface area contributed by atoms with Gasteiger partial charge in [0.2, 0.25) is 0 Å². The maximum atomic E-state index is 13.4. The topological polar surface area (TPSA) is 15.3 Å². The van der Waals surface area contributed by atoms with Gasteiger partial charge in [0.25, 0.3) is 0 Å². The van der Waals surface area contributed by atoms with Crippen LogP contribution in [0.2, 0.25) is 0 Å². The Morgan fingerprint density at radius 3 is 3.12 bits per heavy atom. The second kappa shape index (κ2) is 5.94. The molecule has 1 atom stereocenters. The third-order valence-corrected chi connectivity index (χ3v) is 4.23. The number of rotatable bonds is 3. The molecule has 0 amide bonds. The predicted octanol–water partition coefficient (Wildman–Crippen LogP) is 2.77. The minimum absolute atomic E-state index is 0.176. The van der Waals surface area contributed by atoms with Gasteiger partial charge in [-0.15, -0.1) is 0 Å². The fraction of sp³-hybridized carbons (Fsp3) is 0.538. The molecular formula is C13H18BrFN2. The molecule has 2 nitrogen and oxygen atoms in total. The van der Waals surface area contributed by atoms with Gasteiger partial charge in [-0.25, -0.2) is 4.39 Å². The van der Waals surface area contributed by atoms with Gasteiger partial charge >= 0.3 is 0 Å². The normalized spacial score (nSPS) is 21.7. The standard InChI is InChI=1S/C13H18BrFN2/c1-16-11-5-3-7-17(9-11)8-10-4-2-6-12(15)13(10)14/h2,4,6,11,16H,3,5,7-9H2,1H3. The largest absolute Gasteiger partial charge is 0.316 e. The monoisotopic (exact) mass is 300 g/mol. The fourth-order valence-corrected chi connectivity index (χ4v) is 2.74. The lowest BCUT2D eigenvalue weighted by Crippen LogP contribution is -2.43. The van der Waals surface area contributed by atoms with Crippen molar-refractivity contribution in [3.63, 3.8) is 0 Å². The number of halogens is 2. The Hall–Kier alpha value is -0.450. The lowest BCUT2D eigenvalue weighted by Gasteiger charge is -2.32. The van der Waals surface area contributed by atoms with Crippen molar-refractivity contribution in [3.8, 4) is 0 Å². The van der Waals surface area contributed by atoms with Crippen LogP contribution in [0.3, 0.4) is 0 Å². The summed E-state index contributed by atoms with van der Waals surface area (Å²) in [6, 6.07) is 5.81. The van der Waals surface area contributed by atoms with E-state index >= 15 is 0 Å². The Bertz CT molecular complexity index is 384. The van der Waals surface area contributed by atoms with Crippen LogP contribution in [0.1, 0.15) is 18.4 Å². The molecule has 0 aliphatic carbocycles. The van der Waals surface area contributed by atoms with E-state index in [0.717, 1.165) is 25.2 Å². The van der Waals surface area contributed by atoms with E-state index < -0.39 is 0 Å². The van der Waals surface area contributed by atoms with Gasteiger partial charge in [0.05, 0.1) is 4.47 Å². The average molecular weight is 301 g/mol. The van der Waals surface area contributed by atoms with Crippen molar-refractivity contribution in [2.45, 2.75) is 25.4 Å². The molecule has 0 radical (unpaired) electrons. The zero-order valence-corrected chi connectivity index (χ0v) is 11.6. The molecule has 2 rings (SSSR count). The van der Waals surface area contributed by atoms with Crippen LogP contribution in [0.5, 0.6) is 0 Å². The van der Waals surface area contributed by atoms with Gasteiger partial charge in [0, 0.05) is 19.1 Å². The van der Waals surface area contributed by atoms with E-state index in [2.05, 4.69) is 26.1 Å². The molecule has 1 aromatic carbocycles. The van der Waals surface area contributed by atoms with Crippen molar-refractivity contribution < 1.29 is 4.39 Å². The number of benzene rings is 1. The Kier molecular flexibility index (Phi) is 4.54. The van der Waals surface area contributed by atoms with Crippen LogP contribution in [0.25, 0.3) is 0 Å². The van der Waals surface area contributed by atoms with E-state index in [1.807, 2.05) is 13.1 Å². The molecule has 1 unspecified atom stereocenters. The summed E-state index contributed by atoms with van der Waals surface area (Å²) < 4.78 is 14.0. The summed E-state index contributed by atoms with van der Waals surface area (Å²) >= 11 is 3.32. The van der Waals surface area contributed by atoms with Gasteiger partial charge in [-0.3, -0.25) is 4.90 Å². The van der Waals surface area contributed by atoms with Crippen molar-refractivity contribution >= 4 is 15.9 Å². The predicted molar refractivity (Wildman–Crippen MR) is 71.5 cm³/mol. The van der Waals surface area contributed by atoms with E-state index in [9.17, 15) is 4.39 Å². The van der Waals surface area contributed by atoms with Crippen LogP contribution >= 0.6 is 15.9 Å². The van der Waals surface area contributed by atoms with Gasteiger partial charge in [-0.1, -0.05) is 12.1 Å². The highest BCUT2D eigenvalue weighted by Gasteiger charge is 2.19. The van der Waals surface area contributed by atoms with E-state index in [1.165, 1.54) is 18.9 Å². The fourth-order valence-electron chi connectivity index (χ4n) is 2.35. The number of hydrogen-bond acceptors (Lipinski definition) is 2. The minimum atomic E-state index is -0.176. The second-order valence-corrected chi connectivity index (χ2v) is 5.37. The van der Waals surface area contributed by atoms with Crippen LogP contribution in [0.4, 0.5) is 4.39 Å². The first kappa shape index (κ1) is 13.0. The lowest BCUT2D eigenvalue weighted by atomic mass is 10.1. The summed E-state index contributed by atoms with van der Waals surface area (Å²) in [5.74, 6) is -0.176. The summed E-state index contributed by atoms with van der Waals surface area (Å²) in [5, 5.41) is 3.32. The van der Waals surface area contributed by atoms with Crippen molar-refractivity contribution in [1.29, 1.82) is 0 Å². The van der Waals surface area contributed by atoms with E-state index in [1.54, 1.807) is 6.07 Å². The van der Waals surface area contributed by atoms with Crippen molar-refractivity contribution in [1.82, 2.24) is 10.2 Å². The lowest BCUT2D eigenvalue weighted by molar-refractivity contribution is 0.187. The molecule has 1 heterocycles. The Morgan fingerprint density at radius 1 is 1.53 bits per heavy atom. The number of piperidine rings is 1. The van der Waals surface area contributed by atoms with Crippen LogP contribution in [0.15, 0.2) is 22.7 Å². The highest BCUT2D eigenvalue weighted by Crippen LogP contribution is 2.23. The number of nitrogens with zero attached hydrogens (tertiary/aromatic N) is 1. The highest BCUT2D eigenvalue weighted by molar-refractivity contribution is 9.10. The molecule has 1 aliphatic rings. The number of likely N-dealkylation sites (N-methyl/N-ethyl adjacent to an activating group) is 1. The molecule has 94 valence electrons. The van der Waals surface area contributed by atoms with Gasteiger partial charge < -0.3 is 5.32 Å². The molecule has 0 bridgehead atoms. The van der Waals surface area contributed by atoms with Crippen LogP contribution < -0.4 is 5.32 Å². The number of likely N-dealkylation sites (tertiary alicyclic amines) is 1. The Balaban J connectivity index is 2.02. The van der Waals surface area contributed by atoms with Crippen LogP contribution in [-0.4, -0.2) is 31.1 Å². The minimum Gasteiger partial charge on any atom is -0.316 e. The summed E-state index contributed by atoms with van der Waals surface area (Å²) in [6.45, 7) is 2.96. The first-order chi connectivity index (χ1) is 8.20. The SMILES string of the molecule is CNC1CCCN(Cc2cccc(F)c2Br)C1. The van der Waals surface area contributed by atoms with Crippen molar-refractivity contribution in [3.05, 3.63) is 34.1 Å². The van der Waals surface area contributed by atoms with Gasteiger partial charge in [-0.2, -0.15) is 0 Å². The molecule has 1 aliphatic heterocycles. The van der Waals surface area contributed by atoms with Gasteiger partial charge in [0.15, 0.2) is 0 Å². The average Bonchev–Trinajstić information content (AvgIpc) is 2.35. The number of nitrogens with one attached hydrogen (secondary N) is 1. The summed E-state index contributed by atoms with van der Waals surface area (Å²) in [5.41, 5.74) is 1.03. The second-order valence-electron chi connectivity index (χ2n) is 4.58. The first-order valence-corrected chi connectivity index (χ1v) is 6.82. The van der Waals surface area contributed by atoms with Gasteiger partial charge in [-0.05, 0) is 54.0 Å². The smallest absolute Gasteiger partial charge is 0.137 e. The third kappa shape index (κ3) is 3.27. The molecule has 0 saturated carbocycles. The number of hydrogen-bond donors (Lipinski definition) is 1. The molecule has 0 spiro atoms. The molecule has 0 aromatic heterocycles. The maximum absolute atomic E-state index is 13.4. The maximum Gasteiger partial charge on any atom is 0.137 e. The first-order valence-electron chi connectivity index (χ1n) is 6.03. The Labute approximate surface area is 110 Å². The zero-order chi connectivity index (χ0) is 12.3. The molecular weight excluding hydrogens is 283 g/mol. The molecule has 4 heteroatoms. The highest BCUT2D eigenvalue weighted by atomic mass is 79.9. The van der Waals surface area contributed by atoms with Gasteiger partial charge in [0.1, 0.15) is 5.82 Å². The molecule has 1 aromatic rings. The van der Waals surface area contributed by atoms with E-state index in [-0.39, 0.29) is 5.82 Å². The summed E-state index contributed by atoms with van der Waals surface area (Å²) in [4.78, 5) is 2.38. The summed E-state index contributed by atoms with van der Waals surface area (Å²) in [6.07, 6.45) is 2.44. The van der Waals surface area contributed by atoms with Crippen LogP contribution in [-0.2, 0) is 6.54 Å². The Morgan fingerprint density at radius 2 is 2.35 bits per heavy atom. The molecule has 1 N–H and O–H groups in total. The van der Waals surface area contributed by atoms with Crippen molar-refractivity contribution in [2.75, 3.05) is 20.1 Å². The van der Waals surface area contributed by atoms with E-state index in [4.69, 9.17) is 0 Å². The van der Waals surface area contributed by atoms with Crippen LogP contribution in [0, 0.1) is 5.82 Å². The van der Waals surface area contributed by atoms with Crippen molar-refractivity contribution in [2.24, 2.45) is 0 Å². The quantitative estimate of drug-likeness (QED) is 0.923. The summed E-state index contributed by atoms with van der Waals surface area (Å²) in [7, 11) is 2.01. The molecule has 17 heavy (non-hydrogen) atoms. The molecule has 1 saturated heterocycles.